The lowest BCUT2D eigenvalue weighted by molar-refractivity contribution is -0.130. The van der Waals surface area contributed by atoms with Gasteiger partial charge < -0.3 is 0 Å². The Kier molecular flexibility index (Phi) is 5.39. The highest BCUT2D eigenvalue weighted by molar-refractivity contribution is 9.10. The number of carbonyl (C=O) groups excluding carboxylic acids is 1. The summed E-state index contributed by atoms with van der Waals surface area (Å²) in [6.45, 7) is 6.45. The molecule has 1 aliphatic rings. The van der Waals surface area contributed by atoms with Gasteiger partial charge in [0.2, 0.25) is 0 Å². The molecule has 0 amide bonds. The van der Waals surface area contributed by atoms with Crippen molar-refractivity contribution in [3.8, 4) is 0 Å². The summed E-state index contributed by atoms with van der Waals surface area (Å²) in [5.41, 5.74) is 0.842. The standard InChI is InChI=1S/C17H24BrNO/c1-3-17(4-2,19-11-7-8-12-19)16(20)13-14-9-5-6-10-15(14)18/h5-6,9-10H,3-4,7-8,11-13H2,1-2H3. The van der Waals surface area contributed by atoms with Crippen LogP contribution >= 0.6 is 15.9 Å². The topological polar surface area (TPSA) is 20.3 Å². The Labute approximate surface area is 130 Å². The molecule has 1 saturated heterocycles. The van der Waals surface area contributed by atoms with Crippen LogP contribution in [0.2, 0.25) is 0 Å². The third kappa shape index (κ3) is 2.99. The Balaban J connectivity index is 2.21. The normalized spacial score (nSPS) is 16.6. The van der Waals surface area contributed by atoms with Crippen LogP contribution < -0.4 is 0 Å². The van der Waals surface area contributed by atoms with Crippen molar-refractivity contribution in [3.05, 3.63) is 34.3 Å². The van der Waals surface area contributed by atoms with Crippen molar-refractivity contribution >= 4 is 21.7 Å². The Bertz CT molecular complexity index is 462. The van der Waals surface area contributed by atoms with Crippen LogP contribution in [-0.4, -0.2) is 29.3 Å². The van der Waals surface area contributed by atoms with Crippen LogP contribution in [0.4, 0.5) is 0 Å². The Morgan fingerprint density at radius 3 is 2.35 bits per heavy atom. The molecule has 1 heterocycles. The summed E-state index contributed by atoms with van der Waals surface area (Å²) >= 11 is 3.55. The lowest BCUT2D eigenvalue weighted by Crippen LogP contribution is -2.53. The molecule has 1 fully saturated rings. The molecule has 0 radical (unpaired) electrons. The lowest BCUT2D eigenvalue weighted by atomic mass is 9.83. The highest BCUT2D eigenvalue weighted by atomic mass is 79.9. The number of benzene rings is 1. The largest absolute Gasteiger partial charge is 0.297 e. The first-order chi connectivity index (χ1) is 9.64. The van der Waals surface area contributed by atoms with E-state index in [-0.39, 0.29) is 5.54 Å². The molecule has 0 bridgehead atoms. The summed E-state index contributed by atoms with van der Waals surface area (Å²) in [5.74, 6) is 0.372. The molecule has 2 rings (SSSR count). The summed E-state index contributed by atoms with van der Waals surface area (Å²) in [6.07, 6.45) is 4.80. The van der Waals surface area contributed by atoms with E-state index in [4.69, 9.17) is 0 Å². The maximum Gasteiger partial charge on any atom is 0.157 e. The molecule has 0 aromatic heterocycles. The van der Waals surface area contributed by atoms with Gasteiger partial charge in [-0.2, -0.15) is 0 Å². The summed E-state index contributed by atoms with van der Waals surface area (Å²) in [4.78, 5) is 15.4. The molecule has 3 heteroatoms. The number of nitrogens with zero attached hydrogens (tertiary/aromatic N) is 1. The molecule has 0 saturated carbocycles. The molecular weight excluding hydrogens is 314 g/mol. The van der Waals surface area contributed by atoms with Crippen LogP contribution in [0.25, 0.3) is 0 Å². The molecule has 20 heavy (non-hydrogen) atoms. The van der Waals surface area contributed by atoms with Crippen LogP contribution in [0.1, 0.15) is 45.1 Å². The lowest BCUT2D eigenvalue weighted by Gasteiger charge is -2.39. The van der Waals surface area contributed by atoms with E-state index in [0.717, 1.165) is 36.0 Å². The minimum Gasteiger partial charge on any atom is -0.297 e. The zero-order chi connectivity index (χ0) is 14.6. The average molecular weight is 338 g/mol. The zero-order valence-corrected chi connectivity index (χ0v) is 14.1. The van der Waals surface area contributed by atoms with Crippen molar-refractivity contribution in [1.82, 2.24) is 4.90 Å². The van der Waals surface area contributed by atoms with Gasteiger partial charge in [-0.25, -0.2) is 0 Å². The van der Waals surface area contributed by atoms with E-state index in [2.05, 4.69) is 34.7 Å². The fraction of sp³-hybridized carbons (Fsp3) is 0.588. The highest BCUT2D eigenvalue weighted by Crippen LogP contribution is 2.31. The minimum atomic E-state index is -0.258. The van der Waals surface area contributed by atoms with E-state index in [9.17, 15) is 4.79 Å². The third-order valence-electron chi connectivity index (χ3n) is 4.71. The van der Waals surface area contributed by atoms with Crippen LogP contribution in [0, 0.1) is 0 Å². The number of rotatable bonds is 6. The van der Waals surface area contributed by atoms with Crippen LogP contribution in [0.15, 0.2) is 28.7 Å². The van der Waals surface area contributed by atoms with E-state index in [0.29, 0.717) is 12.2 Å². The third-order valence-corrected chi connectivity index (χ3v) is 5.48. The van der Waals surface area contributed by atoms with Gasteiger partial charge >= 0.3 is 0 Å². The number of halogens is 1. The molecule has 0 atom stereocenters. The van der Waals surface area contributed by atoms with Crippen LogP contribution in [0.5, 0.6) is 0 Å². The number of hydrogen-bond acceptors (Lipinski definition) is 2. The second kappa shape index (κ2) is 6.86. The van der Waals surface area contributed by atoms with E-state index < -0.39 is 0 Å². The van der Waals surface area contributed by atoms with Gasteiger partial charge in [-0.05, 0) is 50.4 Å². The molecule has 1 aromatic carbocycles. The first kappa shape index (κ1) is 15.7. The fourth-order valence-corrected chi connectivity index (χ4v) is 3.82. The van der Waals surface area contributed by atoms with Gasteiger partial charge in [-0.3, -0.25) is 9.69 Å². The SMILES string of the molecule is CCC(CC)(C(=O)Cc1ccccc1Br)N1CCCC1. The summed E-state index contributed by atoms with van der Waals surface area (Å²) in [7, 11) is 0. The van der Waals surface area contributed by atoms with Crippen molar-refractivity contribution in [3.63, 3.8) is 0 Å². The molecule has 110 valence electrons. The zero-order valence-electron chi connectivity index (χ0n) is 12.5. The second-order valence-corrected chi connectivity index (χ2v) is 6.48. The number of likely N-dealkylation sites (tertiary alicyclic amines) is 1. The number of Topliss-reactive ketones (excluding diaryl/α,β-unsaturated/α-hetero) is 1. The quantitative estimate of drug-likeness (QED) is 0.774. The van der Waals surface area contributed by atoms with Crippen molar-refractivity contribution in [2.75, 3.05) is 13.1 Å². The predicted octanol–water partition coefficient (Wildman–Crippen LogP) is 4.22. The van der Waals surface area contributed by atoms with Crippen molar-refractivity contribution in [2.45, 2.75) is 51.5 Å². The molecule has 2 nitrogen and oxygen atoms in total. The number of hydrogen-bond donors (Lipinski definition) is 0. The van der Waals surface area contributed by atoms with Crippen LogP contribution in [-0.2, 0) is 11.2 Å². The molecule has 0 N–H and O–H groups in total. The van der Waals surface area contributed by atoms with Gasteiger partial charge in [0.15, 0.2) is 5.78 Å². The van der Waals surface area contributed by atoms with Crippen molar-refractivity contribution < 1.29 is 4.79 Å². The van der Waals surface area contributed by atoms with Crippen molar-refractivity contribution in [1.29, 1.82) is 0 Å². The van der Waals surface area contributed by atoms with Gasteiger partial charge in [-0.15, -0.1) is 0 Å². The molecule has 1 aromatic rings. The van der Waals surface area contributed by atoms with Gasteiger partial charge in [0.05, 0.1) is 5.54 Å². The van der Waals surface area contributed by atoms with Gasteiger partial charge in [0, 0.05) is 10.9 Å². The monoisotopic (exact) mass is 337 g/mol. The number of carbonyl (C=O) groups is 1. The van der Waals surface area contributed by atoms with Gasteiger partial charge in [0.25, 0.3) is 0 Å². The Hall–Kier alpha value is -0.670. The maximum atomic E-state index is 13.0. The Morgan fingerprint density at radius 2 is 1.80 bits per heavy atom. The molecular formula is C17H24BrNO. The Morgan fingerprint density at radius 1 is 1.20 bits per heavy atom. The first-order valence-electron chi connectivity index (χ1n) is 7.65. The molecule has 0 aliphatic carbocycles. The number of ketones is 1. The smallest absolute Gasteiger partial charge is 0.157 e. The van der Waals surface area contributed by atoms with E-state index in [1.165, 1.54) is 12.8 Å². The summed E-state index contributed by atoms with van der Waals surface area (Å²) < 4.78 is 1.04. The van der Waals surface area contributed by atoms with Gasteiger partial charge in [-0.1, -0.05) is 48.0 Å². The van der Waals surface area contributed by atoms with E-state index in [1.54, 1.807) is 0 Å². The molecule has 0 unspecified atom stereocenters. The second-order valence-electron chi connectivity index (χ2n) is 5.62. The maximum absolute atomic E-state index is 13.0. The minimum absolute atomic E-state index is 0.258. The molecule has 0 spiro atoms. The predicted molar refractivity (Wildman–Crippen MR) is 87.0 cm³/mol. The van der Waals surface area contributed by atoms with Crippen molar-refractivity contribution in [2.24, 2.45) is 0 Å². The first-order valence-corrected chi connectivity index (χ1v) is 8.45. The van der Waals surface area contributed by atoms with E-state index >= 15 is 0 Å². The molecule has 1 aliphatic heterocycles. The average Bonchev–Trinajstić information content (AvgIpc) is 2.98. The summed E-state index contributed by atoms with van der Waals surface area (Å²) in [5, 5.41) is 0. The fourth-order valence-electron chi connectivity index (χ4n) is 3.39. The highest BCUT2D eigenvalue weighted by Gasteiger charge is 2.41. The van der Waals surface area contributed by atoms with E-state index in [1.807, 2.05) is 24.3 Å². The van der Waals surface area contributed by atoms with Crippen LogP contribution in [0.3, 0.4) is 0 Å². The summed E-state index contributed by atoms with van der Waals surface area (Å²) in [6, 6.07) is 8.05. The van der Waals surface area contributed by atoms with Gasteiger partial charge in [0.1, 0.15) is 0 Å².